The molecule has 11 heteroatoms. The molecule has 3 aromatic carbocycles. The van der Waals surface area contributed by atoms with E-state index in [0.717, 1.165) is 54.4 Å². The summed E-state index contributed by atoms with van der Waals surface area (Å²) >= 11 is 0. The summed E-state index contributed by atoms with van der Waals surface area (Å²) in [6, 6.07) is 22.1. The van der Waals surface area contributed by atoms with E-state index in [9.17, 15) is 22.8 Å². The van der Waals surface area contributed by atoms with Crippen molar-refractivity contribution in [3.05, 3.63) is 96.6 Å². The molecule has 0 spiro atoms. The van der Waals surface area contributed by atoms with E-state index in [4.69, 9.17) is 29.2 Å². The first-order valence-corrected chi connectivity index (χ1v) is 17.6. The molecule has 0 bridgehead atoms. The van der Waals surface area contributed by atoms with Gasteiger partial charge in [-0.1, -0.05) is 80.6 Å². The van der Waals surface area contributed by atoms with Crippen LogP contribution in [0.5, 0.6) is 11.5 Å². The summed E-state index contributed by atoms with van der Waals surface area (Å²) in [5.74, 6) is 0.293. The van der Waals surface area contributed by atoms with Gasteiger partial charge in [-0.25, -0.2) is 9.59 Å². The van der Waals surface area contributed by atoms with Crippen LogP contribution in [0.15, 0.2) is 91.0 Å². The third kappa shape index (κ3) is 12.6. The number of alkyl halides is 3. The highest BCUT2D eigenvalue weighted by Gasteiger charge is 2.27. The zero-order valence-electron chi connectivity index (χ0n) is 29.3. The molecule has 0 radical (unpaired) electrons. The van der Waals surface area contributed by atoms with Crippen LogP contribution < -0.4 is 9.47 Å². The summed E-state index contributed by atoms with van der Waals surface area (Å²) in [5.41, 5.74) is 5.08. The molecule has 52 heavy (non-hydrogen) atoms. The number of hydrogen-bond acceptors (Lipinski definition) is 8. The summed E-state index contributed by atoms with van der Waals surface area (Å²) in [6.07, 6.45) is 1.25. The summed E-state index contributed by atoms with van der Waals surface area (Å²) in [6.45, 7) is 5.69. The fourth-order valence-corrected chi connectivity index (χ4v) is 6.17. The average molecular weight is 725 g/mol. The minimum atomic E-state index is -4.06. The van der Waals surface area contributed by atoms with E-state index >= 15 is 0 Å². The molecule has 0 heterocycles. The minimum absolute atomic E-state index is 0.00267. The van der Waals surface area contributed by atoms with Gasteiger partial charge in [0.25, 0.3) is 0 Å². The van der Waals surface area contributed by atoms with E-state index in [-0.39, 0.29) is 44.0 Å². The van der Waals surface area contributed by atoms with Crippen LogP contribution >= 0.6 is 0 Å². The van der Waals surface area contributed by atoms with Gasteiger partial charge in [0.2, 0.25) is 0 Å². The van der Waals surface area contributed by atoms with E-state index in [1.807, 2.05) is 30.3 Å². The second kappa shape index (κ2) is 19.8. The minimum Gasteiger partial charge on any atom is -0.486 e. The van der Waals surface area contributed by atoms with Gasteiger partial charge in [-0.3, -0.25) is 0 Å². The maximum Gasteiger partial charge on any atom is 0.389 e. The van der Waals surface area contributed by atoms with Gasteiger partial charge in [-0.2, -0.15) is 13.2 Å². The number of carbonyl (C=O) groups is 2. The zero-order chi connectivity index (χ0) is 37.5. The molecule has 3 aromatic rings. The van der Waals surface area contributed by atoms with Gasteiger partial charge in [0, 0.05) is 6.42 Å². The Morgan fingerprint density at radius 1 is 0.654 bits per heavy atom. The number of ether oxygens (including phenoxy) is 4. The average Bonchev–Trinajstić information content (AvgIpc) is 3.16. The van der Waals surface area contributed by atoms with Gasteiger partial charge >= 0.3 is 18.1 Å². The summed E-state index contributed by atoms with van der Waals surface area (Å²) < 4.78 is 59.1. The SMILES string of the molecule is C=C(CO)C(=O)OCCOc1ccc(-c2ccc(-c3ccc(C4CCC(CCCCC(F)(F)F)CC4)cc3)cc2)cc1OCCOC(=O)C(=C)CO. The summed E-state index contributed by atoms with van der Waals surface area (Å²) in [7, 11) is 0. The number of aliphatic hydroxyl groups excluding tert-OH is 2. The molecule has 1 fully saturated rings. The molecule has 4 rings (SSSR count). The molecule has 0 atom stereocenters. The van der Waals surface area contributed by atoms with Gasteiger partial charge < -0.3 is 29.2 Å². The van der Waals surface area contributed by atoms with Crippen LogP contribution in [0.4, 0.5) is 13.2 Å². The van der Waals surface area contributed by atoms with Crippen LogP contribution in [0.1, 0.15) is 62.8 Å². The van der Waals surface area contributed by atoms with Crippen molar-refractivity contribution < 1.29 is 51.9 Å². The number of halogens is 3. The topological polar surface area (TPSA) is 112 Å². The third-order valence-electron chi connectivity index (χ3n) is 9.15. The van der Waals surface area contributed by atoms with Crippen LogP contribution in [0.2, 0.25) is 0 Å². The predicted molar refractivity (Wildman–Crippen MR) is 192 cm³/mol. The van der Waals surface area contributed by atoms with Gasteiger partial charge in [0.1, 0.15) is 26.4 Å². The Morgan fingerprint density at radius 3 is 1.65 bits per heavy atom. The molecule has 8 nitrogen and oxygen atoms in total. The largest absolute Gasteiger partial charge is 0.486 e. The van der Waals surface area contributed by atoms with Crippen molar-refractivity contribution in [1.82, 2.24) is 0 Å². The van der Waals surface area contributed by atoms with Crippen LogP contribution in [0.25, 0.3) is 22.3 Å². The molecule has 1 aliphatic rings. The highest BCUT2D eigenvalue weighted by molar-refractivity contribution is 5.88. The Hall–Kier alpha value is -4.61. The van der Waals surface area contributed by atoms with Gasteiger partial charge in [-0.05, 0) is 83.9 Å². The molecule has 2 N–H and O–H groups in total. The highest BCUT2D eigenvalue weighted by Crippen LogP contribution is 2.39. The fraction of sp³-hybridized carbons (Fsp3) is 0.415. The van der Waals surface area contributed by atoms with Crippen molar-refractivity contribution >= 4 is 11.9 Å². The number of esters is 2. The molecular weight excluding hydrogens is 677 g/mol. The first-order valence-electron chi connectivity index (χ1n) is 17.6. The first-order chi connectivity index (χ1) is 25.0. The molecule has 0 saturated heterocycles. The number of unbranched alkanes of at least 4 members (excludes halogenated alkanes) is 1. The molecule has 0 amide bonds. The van der Waals surface area contributed by atoms with Gasteiger partial charge in [-0.15, -0.1) is 0 Å². The maximum atomic E-state index is 12.4. The molecule has 1 saturated carbocycles. The number of aliphatic hydroxyl groups is 2. The van der Waals surface area contributed by atoms with Gasteiger partial charge in [0.15, 0.2) is 11.5 Å². The second-order valence-corrected chi connectivity index (χ2v) is 12.9. The number of carbonyl (C=O) groups excluding carboxylic acids is 2. The third-order valence-corrected chi connectivity index (χ3v) is 9.15. The van der Waals surface area contributed by atoms with E-state index < -0.39 is 37.7 Å². The smallest absolute Gasteiger partial charge is 0.389 e. The Morgan fingerprint density at radius 2 is 1.13 bits per heavy atom. The lowest BCUT2D eigenvalue weighted by Gasteiger charge is -2.29. The summed E-state index contributed by atoms with van der Waals surface area (Å²) in [4.78, 5) is 23.6. The Bertz CT molecular complexity index is 1630. The van der Waals surface area contributed by atoms with Crippen molar-refractivity contribution in [2.45, 2.75) is 63.5 Å². The predicted octanol–water partition coefficient (Wildman–Crippen LogP) is 8.36. The van der Waals surface area contributed by atoms with E-state index in [2.05, 4.69) is 37.4 Å². The normalized spacial score (nSPS) is 15.8. The van der Waals surface area contributed by atoms with E-state index in [0.29, 0.717) is 29.8 Å². The second-order valence-electron chi connectivity index (χ2n) is 12.9. The Balaban J connectivity index is 1.35. The highest BCUT2D eigenvalue weighted by atomic mass is 19.4. The van der Waals surface area contributed by atoms with Crippen LogP contribution in [-0.2, 0) is 19.1 Å². The number of rotatable bonds is 19. The van der Waals surface area contributed by atoms with Crippen LogP contribution in [-0.4, -0.2) is 68.0 Å². The van der Waals surface area contributed by atoms with Crippen LogP contribution in [0.3, 0.4) is 0 Å². The fourth-order valence-electron chi connectivity index (χ4n) is 6.17. The monoisotopic (exact) mass is 724 g/mol. The quantitative estimate of drug-likeness (QED) is 0.0721. The van der Waals surface area contributed by atoms with Crippen molar-refractivity contribution in [2.75, 3.05) is 39.6 Å². The van der Waals surface area contributed by atoms with Crippen molar-refractivity contribution in [2.24, 2.45) is 5.92 Å². The Kier molecular flexibility index (Phi) is 15.3. The maximum absolute atomic E-state index is 12.4. The summed E-state index contributed by atoms with van der Waals surface area (Å²) in [5, 5.41) is 18.1. The number of benzene rings is 3. The van der Waals surface area contributed by atoms with Crippen molar-refractivity contribution in [3.8, 4) is 33.8 Å². The van der Waals surface area contributed by atoms with Crippen molar-refractivity contribution in [3.63, 3.8) is 0 Å². The lowest BCUT2D eigenvalue weighted by atomic mass is 9.77. The van der Waals surface area contributed by atoms with Crippen LogP contribution in [0, 0.1) is 5.92 Å². The standard InChI is InChI=1S/C41H47F3O8/c1-28(26-45)39(47)51-23-21-49-37-19-18-36(25-38(37)50-22-24-52-40(48)29(2)27-46)35-16-14-34(15-17-35)33-12-10-32(11-13-33)31-8-6-30(7-9-31)5-3-4-20-41(42,43)44/h10-19,25,30-31,45-46H,1-9,20-24,26-27H2. The molecule has 280 valence electrons. The van der Waals surface area contributed by atoms with E-state index in [1.165, 1.54) is 5.56 Å². The zero-order valence-corrected chi connectivity index (χ0v) is 29.3. The lowest BCUT2D eigenvalue weighted by molar-refractivity contribution is -0.141. The Labute approximate surface area is 302 Å². The lowest BCUT2D eigenvalue weighted by Crippen LogP contribution is -2.16. The molecule has 0 unspecified atom stereocenters. The van der Waals surface area contributed by atoms with E-state index in [1.54, 1.807) is 12.1 Å². The number of hydrogen-bond donors (Lipinski definition) is 2. The van der Waals surface area contributed by atoms with Gasteiger partial charge in [0.05, 0.1) is 24.4 Å². The van der Waals surface area contributed by atoms with Crippen molar-refractivity contribution in [1.29, 1.82) is 0 Å². The molecular formula is C41H47F3O8. The first kappa shape index (κ1) is 40.2. The molecule has 0 aliphatic heterocycles. The molecule has 0 aromatic heterocycles. The molecule has 1 aliphatic carbocycles.